The van der Waals surface area contributed by atoms with E-state index in [9.17, 15) is 27.2 Å². The number of benzene rings is 3. The predicted molar refractivity (Wildman–Crippen MR) is 137 cm³/mol. The molecule has 0 spiro atoms. The molecule has 0 bridgehead atoms. The molecule has 0 saturated carbocycles. The van der Waals surface area contributed by atoms with Crippen LogP contribution in [0.1, 0.15) is 21.6 Å². The molecule has 4 aromatic rings. The van der Waals surface area contributed by atoms with Crippen molar-refractivity contribution in [2.75, 3.05) is 4.90 Å². The Morgan fingerprint density at radius 3 is 2.38 bits per heavy atom. The second kappa shape index (κ2) is 12.0. The first-order valence-corrected chi connectivity index (χ1v) is 12.0. The number of aliphatic imine (C=N–C) groups is 1. The van der Waals surface area contributed by atoms with Gasteiger partial charge in [0.05, 0.1) is 15.8 Å². The van der Waals surface area contributed by atoms with E-state index in [1.54, 1.807) is 42.5 Å². The maximum absolute atomic E-state index is 13.8. The zero-order valence-corrected chi connectivity index (χ0v) is 21.6. The van der Waals surface area contributed by atoms with Crippen LogP contribution >= 0.6 is 15.9 Å². The number of hydrogen-bond donors (Lipinski definition) is 2. The van der Waals surface area contributed by atoms with Gasteiger partial charge in [0.2, 0.25) is 5.82 Å². The standard InChI is InChI=1S/C25H17BrF4N6O4/c26-18-12-16(10-11-19(18)27)32-21(34-39-24(38)25(28,29)30)20-22(35-40-33-20)36(17-4-2-1-3-5-17)23(37)15-8-6-14(13-31)7-9-15/h1-12H,13,31H2,(H,32,34). The minimum Gasteiger partial charge on any atom is -0.333 e. The van der Waals surface area contributed by atoms with Gasteiger partial charge in [0.1, 0.15) is 5.82 Å². The lowest BCUT2D eigenvalue weighted by molar-refractivity contribution is -0.203. The average Bonchev–Trinajstić information content (AvgIpc) is 3.42. The van der Waals surface area contributed by atoms with Crippen molar-refractivity contribution in [3.63, 3.8) is 0 Å². The number of nitrogens with one attached hydrogen (secondary N) is 1. The molecule has 206 valence electrons. The highest BCUT2D eigenvalue weighted by Gasteiger charge is 2.42. The number of nitrogens with two attached hydrogens (primary N) is 1. The number of alkyl halides is 3. The number of hydrogen-bond acceptors (Lipinski definition) is 8. The minimum atomic E-state index is -5.34. The zero-order valence-electron chi connectivity index (χ0n) is 20.0. The Balaban J connectivity index is 1.83. The van der Waals surface area contributed by atoms with E-state index >= 15 is 0 Å². The fourth-order valence-corrected chi connectivity index (χ4v) is 3.63. The van der Waals surface area contributed by atoms with Crippen LogP contribution in [0.15, 0.2) is 86.9 Å². The van der Waals surface area contributed by atoms with Crippen molar-refractivity contribution in [1.29, 1.82) is 0 Å². The number of amides is 1. The van der Waals surface area contributed by atoms with Crippen LogP contribution in [0, 0.1) is 5.82 Å². The molecule has 0 unspecified atom stereocenters. The molecule has 0 atom stereocenters. The molecule has 0 aliphatic carbocycles. The number of nitrogens with zero attached hydrogens (tertiary/aromatic N) is 4. The van der Waals surface area contributed by atoms with Crippen molar-refractivity contribution in [2.24, 2.45) is 10.7 Å². The lowest BCUT2D eigenvalue weighted by Crippen LogP contribution is -2.36. The van der Waals surface area contributed by atoms with Crippen molar-refractivity contribution in [3.05, 3.63) is 99.9 Å². The van der Waals surface area contributed by atoms with E-state index in [2.05, 4.69) is 36.1 Å². The van der Waals surface area contributed by atoms with Gasteiger partial charge in [-0.2, -0.15) is 18.7 Å². The molecule has 0 aliphatic heterocycles. The Bertz CT molecular complexity index is 1550. The van der Waals surface area contributed by atoms with Gasteiger partial charge in [0.15, 0.2) is 11.5 Å². The van der Waals surface area contributed by atoms with Crippen LogP contribution in [0.4, 0.5) is 34.8 Å². The average molecular weight is 621 g/mol. The van der Waals surface area contributed by atoms with Gasteiger partial charge < -0.3 is 10.6 Å². The van der Waals surface area contributed by atoms with Crippen LogP contribution in [-0.2, 0) is 16.2 Å². The van der Waals surface area contributed by atoms with Gasteiger partial charge >= 0.3 is 12.1 Å². The van der Waals surface area contributed by atoms with Gasteiger partial charge in [-0.15, -0.1) is 0 Å². The molecule has 0 radical (unpaired) electrons. The normalized spacial score (nSPS) is 11.7. The van der Waals surface area contributed by atoms with Crippen LogP contribution in [0.25, 0.3) is 0 Å². The van der Waals surface area contributed by atoms with Gasteiger partial charge in [-0.05, 0) is 74.3 Å². The van der Waals surface area contributed by atoms with Crippen LogP contribution in [0.2, 0.25) is 0 Å². The van der Waals surface area contributed by atoms with E-state index in [4.69, 9.17) is 10.4 Å². The Morgan fingerprint density at radius 2 is 1.75 bits per heavy atom. The van der Waals surface area contributed by atoms with Crippen molar-refractivity contribution in [3.8, 4) is 0 Å². The summed E-state index contributed by atoms with van der Waals surface area (Å²) >= 11 is 2.99. The SMILES string of the molecule is NCc1ccc(C(=O)N(c2ccccc2)c2nonc2C(=Nc2ccc(F)c(Br)c2)NOC(=O)C(F)(F)F)cc1. The predicted octanol–water partition coefficient (Wildman–Crippen LogP) is 5.10. The molecule has 0 aliphatic rings. The fourth-order valence-electron chi connectivity index (χ4n) is 3.27. The van der Waals surface area contributed by atoms with E-state index < -0.39 is 35.4 Å². The van der Waals surface area contributed by atoms with E-state index in [-0.39, 0.29) is 33.8 Å². The monoisotopic (exact) mass is 620 g/mol. The van der Waals surface area contributed by atoms with Crippen LogP contribution in [0.5, 0.6) is 0 Å². The second-order valence-corrected chi connectivity index (χ2v) is 8.72. The van der Waals surface area contributed by atoms with E-state index in [1.165, 1.54) is 24.3 Å². The highest BCUT2D eigenvalue weighted by atomic mass is 79.9. The van der Waals surface area contributed by atoms with Gasteiger partial charge in [0, 0.05) is 12.1 Å². The molecule has 1 amide bonds. The number of anilines is 2. The molecule has 0 fully saturated rings. The fraction of sp³-hybridized carbons (Fsp3) is 0.0800. The summed E-state index contributed by atoms with van der Waals surface area (Å²) in [6.45, 7) is 0.246. The molecular formula is C25H17BrF4N6O4. The first kappa shape index (κ1) is 28.4. The number of amidine groups is 1. The summed E-state index contributed by atoms with van der Waals surface area (Å²) < 4.78 is 57.1. The summed E-state index contributed by atoms with van der Waals surface area (Å²) in [5, 5.41) is 7.48. The van der Waals surface area contributed by atoms with Crippen molar-refractivity contribution < 1.29 is 36.6 Å². The largest absolute Gasteiger partial charge is 0.493 e. The van der Waals surface area contributed by atoms with E-state index in [0.29, 0.717) is 0 Å². The molecule has 0 saturated heterocycles. The molecule has 1 heterocycles. The summed E-state index contributed by atoms with van der Waals surface area (Å²) in [7, 11) is 0. The van der Waals surface area contributed by atoms with Crippen molar-refractivity contribution in [2.45, 2.75) is 12.7 Å². The maximum atomic E-state index is 13.8. The first-order valence-electron chi connectivity index (χ1n) is 11.2. The summed E-state index contributed by atoms with van der Waals surface area (Å²) in [4.78, 5) is 34.5. The maximum Gasteiger partial charge on any atom is 0.493 e. The van der Waals surface area contributed by atoms with Gasteiger partial charge in [-0.25, -0.2) is 18.8 Å². The number of carbonyl (C=O) groups is 2. The molecule has 4 rings (SSSR count). The van der Waals surface area contributed by atoms with Gasteiger partial charge in [0.25, 0.3) is 5.91 Å². The molecule has 3 aromatic carbocycles. The number of halogens is 5. The summed E-state index contributed by atoms with van der Waals surface area (Å²) in [5.74, 6) is -4.77. The number of para-hydroxylation sites is 1. The third kappa shape index (κ3) is 6.50. The molecule has 15 heteroatoms. The first-order chi connectivity index (χ1) is 19.1. The minimum absolute atomic E-state index is 0.00254. The van der Waals surface area contributed by atoms with Crippen LogP contribution in [-0.4, -0.2) is 34.2 Å². The van der Waals surface area contributed by atoms with Crippen LogP contribution < -0.4 is 16.1 Å². The topological polar surface area (TPSA) is 136 Å². The third-order valence-electron chi connectivity index (χ3n) is 5.18. The quantitative estimate of drug-likeness (QED) is 0.132. The van der Waals surface area contributed by atoms with Gasteiger partial charge in [-0.1, -0.05) is 30.3 Å². The number of carbonyl (C=O) groups excluding carboxylic acids is 2. The smallest absolute Gasteiger partial charge is 0.333 e. The second-order valence-electron chi connectivity index (χ2n) is 7.86. The number of aromatic nitrogens is 2. The Hall–Kier alpha value is -4.63. The van der Waals surface area contributed by atoms with Crippen molar-refractivity contribution in [1.82, 2.24) is 15.8 Å². The van der Waals surface area contributed by atoms with Gasteiger partial charge in [-0.3, -0.25) is 9.69 Å². The summed E-state index contributed by atoms with van der Waals surface area (Å²) in [6, 6.07) is 17.9. The van der Waals surface area contributed by atoms with E-state index in [1.807, 2.05) is 5.48 Å². The molecular weight excluding hydrogens is 604 g/mol. The molecule has 3 N–H and O–H groups in total. The molecule has 10 nitrogen and oxygen atoms in total. The molecule has 40 heavy (non-hydrogen) atoms. The number of rotatable bonds is 6. The lowest BCUT2D eigenvalue weighted by atomic mass is 10.1. The van der Waals surface area contributed by atoms with Crippen molar-refractivity contribution >= 4 is 50.8 Å². The Morgan fingerprint density at radius 1 is 1.05 bits per heavy atom. The highest BCUT2D eigenvalue weighted by molar-refractivity contribution is 9.10. The lowest BCUT2D eigenvalue weighted by Gasteiger charge is -2.21. The Kier molecular flexibility index (Phi) is 8.55. The third-order valence-corrected chi connectivity index (χ3v) is 5.79. The number of hydroxylamine groups is 1. The summed E-state index contributed by atoms with van der Waals surface area (Å²) in [5.41, 5.74) is 8.29. The zero-order chi connectivity index (χ0) is 28.9. The summed E-state index contributed by atoms with van der Waals surface area (Å²) in [6.07, 6.45) is -5.34. The highest BCUT2D eigenvalue weighted by Crippen LogP contribution is 2.30. The van der Waals surface area contributed by atoms with E-state index in [0.717, 1.165) is 16.5 Å². The van der Waals surface area contributed by atoms with Crippen LogP contribution in [0.3, 0.4) is 0 Å². The Labute approximate surface area is 231 Å². The molecule has 1 aromatic heterocycles.